The number of benzene rings is 1. The first kappa shape index (κ1) is 19.2. The summed E-state index contributed by atoms with van der Waals surface area (Å²) in [5, 5.41) is 10.7. The highest BCUT2D eigenvalue weighted by Gasteiger charge is 2.19. The number of aromatic nitrogens is 3. The van der Waals surface area contributed by atoms with Gasteiger partial charge in [-0.1, -0.05) is 19.3 Å². The highest BCUT2D eigenvalue weighted by molar-refractivity contribution is 7.98. The molecule has 2 aromatic heterocycles. The molecule has 2 heterocycles. The molecule has 1 aliphatic carbocycles. The lowest BCUT2D eigenvalue weighted by Gasteiger charge is -2.23. The summed E-state index contributed by atoms with van der Waals surface area (Å²) in [7, 11) is 0. The number of carbonyl (C=O) groups is 1. The summed E-state index contributed by atoms with van der Waals surface area (Å²) in [6.07, 6.45) is 7.80. The molecule has 0 radical (unpaired) electrons. The van der Waals surface area contributed by atoms with Crippen molar-refractivity contribution in [1.29, 1.82) is 0 Å². The maximum atomic E-state index is 12.7. The van der Waals surface area contributed by atoms with Crippen LogP contribution in [0.4, 0.5) is 5.82 Å². The Bertz CT molecular complexity index is 926. The van der Waals surface area contributed by atoms with E-state index in [9.17, 15) is 4.79 Å². The van der Waals surface area contributed by atoms with Gasteiger partial charge in [0.2, 0.25) is 0 Å². The van der Waals surface area contributed by atoms with Crippen molar-refractivity contribution >= 4 is 34.8 Å². The fourth-order valence-corrected chi connectivity index (χ4v) is 5.06. The van der Waals surface area contributed by atoms with E-state index in [4.69, 9.17) is 0 Å². The number of rotatable bonds is 6. The third-order valence-electron chi connectivity index (χ3n) is 5.00. The number of thioether (sulfide) groups is 1. The fraction of sp³-hybridized carbons (Fsp3) is 0.381. The maximum Gasteiger partial charge on any atom is 0.256 e. The number of amides is 1. The summed E-state index contributed by atoms with van der Waals surface area (Å²) < 4.78 is 1.98. The lowest BCUT2D eigenvalue weighted by atomic mass is 9.96. The van der Waals surface area contributed by atoms with Crippen LogP contribution in [0.5, 0.6) is 0 Å². The molecule has 0 atom stereocenters. The van der Waals surface area contributed by atoms with E-state index in [0.717, 1.165) is 40.0 Å². The zero-order chi connectivity index (χ0) is 19.3. The quantitative estimate of drug-likeness (QED) is 0.528. The molecule has 0 unspecified atom stereocenters. The molecule has 0 saturated heterocycles. The van der Waals surface area contributed by atoms with Gasteiger partial charge in [0.05, 0.1) is 22.9 Å². The van der Waals surface area contributed by atoms with Crippen LogP contribution < -0.4 is 5.32 Å². The van der Waals surface area contributed by atoms with E-state index in [1.807, 2.05) is 41.9 Å². The van der Waals surface area contributed by atoms with E-state index >= 15 is 0 Å². The summed E-state index contributed by atoms with van der Waals surface area (Å²) in [5.41, 5.74) is 1.76. The SMILES string of the molecule is Cc1nc(CSc2ccc(C(=O)Nc3ccnn3C3CCCCC3)cc2)cs1. The van der Waals surface area contributed by atoms with Crippen molar-refractivity contribution in [3.8, 4) is 0 Å². The van der Waals surface area contributed by atoms with Crippen molar-refractivity contribution < 1.29 is 4.79 Å². The van der Waals surface area contributed by atoms with Gasteiger partial charge in [-0.05, 0) is 44.0 Å². The van der Waals surface area contributed by atoms with Gasteiger partial charge in [-0.3, -0.25) is 4.79 Å². The second-order valence-electron chi connectivity index (χ2n) is 7.08. The van der Waals surface area contributed by atoms with Gasteiger partial charge >= 0.3 is 0 Å². The molecule has 7 heteroatoms. The van der Waals surface area contributed by atoms with Crippen LogP contribution in [0.25, 0.3) is 0 Å². The Morgan fingerprint density at radius 2 is 2.00 bits per heavy atom. The molecular weight excluding hydrogens is 388 g/mol. The molecule has 28 heavy (non-hydrogen) atoms. The molecule has 1 fully saturated rings. The fourth-order valence-electron chi connectivity index (χ4n) is 3.55. The third-order valence-corrected chi connectivity index (χ3v) is 6.87. The van der Waals surface area contributed by atoms with E-state index in [1.54, 1.807) is 29.3 Å². The molecule has 5 nitrogen and oxygen atoms in total. The summed E-state index contributed by atoms with van der Waals surface area (Å²) >= 11 is 3.41. The van der Waals surface area contributed by atoms with Crippen molar-refractivity contribution in [2.75, 3.05) is 5.32 Å². The Morgan fingerprint density at radius 3 is 2.71 bits per heavy atom. The van der Waals surface area contributed by atoms with Crippen molar-refractivity contribution in [3.63, 3.8) is 0 Å². The minimum Gasteiger partial charge on any atom is -0.307 e. The van der Waals surface area contributed by atoms with Crippen LogP contribution in [0, 0.1) is 6.92 Å². The predicted molar refractivity (Wildman–Crippen MR) is 115 cm³/mol. The predicted octanol–water partition coefficient (Wildman–Crippen LogP) is 5.70. The Morgan fingerprint density at radius 1 is 1.21 bits per heavy atom. The van der Waals surface area contributed by atoms with E-state index in [-0.39, 0.29) is 5.91 Å². The van der Waals surface area contributed by atoms with Crippen LogP contribution in [-0.4, -0.2) is 20.7 Å². The first-order chi connectivity index (χ1) is 13.7. The van der Waals surface area contributed by atoms with Gasteiger partial charge in [-0.15, -0.1) is 23.1 Å². The molecule has 3 aromatic rings. The summed E-state index contributed by atoms with van der Waals surface area (Å²) in [6.45, 7) is 2.02. The van der Waals surface area contributed by atoms with Gasteiger partial charge in [0.1, 0.15) is 5.82 Å². The molecule has 146 valence electrons. The van der Waals surface area contributed by atoms with Gasteiger partial charge in [-0.25, -0.2) is 9.67 Å². The van der Waals surface area contributed by atoms with Crippen molar-refractivity contribution in [2.45, 2.75) is 55.7 Å². The van der Waals surface area contributed by atoms with Crippen LogP contribution in [0.3, 0.4) is 0 Å². The number of hydrogen-bond donors (Lipinski definition) is 1. The van der Waals surface area contributed by atoms with E-state index in [0.29, 0.717) is 11.6 Å². The van der Waals surface area contributed by atoms with Crippen molar-refractivity contribution in [2.24, 2.45) is 0 Å². The number of thiazole rings is 1. The number of anilines is 1. The van der Waals surface area contributed by atoms with Gasteiger partial charge in [0.25, 0.3) is 5.91 Å². The van der Waals surface area contributed by atoms with E-state index < -0.39 is 0 Å². The van der Waals surface area contributed by atoms with Crippen molar-refractivity contribution in [1.82, 2.24) is 14.8 Å². The molecule has 1 amide bonds. The van der Waals surface area contributed by atoms with Gasteiger partial charge < -0.3 is 5.32 Å². The molecule has 0 spiro atoms. The van der Waals surface area contributed by atoms with Crippen LogP contribution in [0.2, 0.25) is 0 Å². The average molecular weight is 413 g/mol. The topological polar surface area (TPSA) is 59.8 Å². The highest BCUT2D eigenvalue weighted by Crippen LogP contribution is 2.30. The molecule has 4 rings (SSSR count). The first-order valence-corrected chi connectivity index (χ1v) is 11.5. The maximum absolute atomic E-state index is 12.7. The number of nitrogens with one attached hydrogen (secondary N) is 1. The highest BCUT2D eigenvalue weighted by atomic mass is 32.2. The summed E-state index contributed by atoms with van der Waals surface area (Å²) in [6, 6.07) is 10.0. The summed E-state index contributed by atoms with van der Waals surface area (Å²) in [5.74, 6) is 1.54. The van der Waals surface area contributed by atoms with Gasteiger partial charge in [0.15, 0.2) is 0 Å². The average Bonchev–Trinajstić information content (AvgIpc) is 3.36. The van der Waals surface area contributed by atoms with Crippen LogP contribution in [0.15, 0.2) is 46.8 Å². The Hall–Kier alpha value is -2.12. The minimum atomic E-state index is -0.0933. The monoisotopic (exact) mass is 412 g/mol. The molecule has 1 aromatic carbocycles. The Balaban J connectivity index is 1.37. The van der Waals surface area contributed by atoms with E-state index in [1.165, 1.54) is 19.3 Å². The smallest absolute Gasteiger partial charge is 0.256 e. The van der Waals surface area contributed by atoms with E-state index in [2.05, 4.69) is 20.8 Å². The molecule has 0 bridgehead atoms. The van der Waals surface area contributed by atoms with Crippen molar-refractivity contribution in [3.05, 3.63) is 58.2 Å². The largest absolute Gasteiger partial charge is 0.307 e. The molecule has 1 N–H and O–H groups in total. The number of aryl methyl sites for hydroxylation is 1. The van der Waals surface area contributed by atoms with Crippen LogP contribution in [-0.2, 0) is 5.75 Å². The Kier molecular flexibility index (Phi) is 6.12. The summed E-state index contributed by atoms with van der Waals surface area (Å²) in [4.78, 5) is 18.3. The molecule has 1 aliphatic rings. The zero-order valence-corrected chi connectivity index (χ0v) is 17.6. The first-order valence-electron chi connectivity index (χ1n) is 9.68. The number of nitrogens with zero attached hydrogens (tertiary/aromatic N) is 3. The Labute approximate surface area is 173 Å². The zero-order valence-electron chi connectivity index (χ0n) is 15.9. The van der Waals surface area contributed by atoms with Crippen LogP contribution >= 0.6 is 23.1 Å². The molecule has 1 saturated carbocycles. The third kappa shape index (κ3) is 4.64. The standard InChI is InChI=1S/C21H24N4OS2/c1-15-23-17(13-27-15)14-28-19-9-7-16(8-10-19)21(26)24-20-11-12-22-25(20)18-5-3-2-4-6-18/h7-13,18H,2-6,14H2,1H3,(H,24,26). The lowest BCUT2D eigenvalue weighted by molar-refractivity contribution is 0.102. The van der Waals surface area contributed by atoms with Crippen LogP contribution in [0.1, 0.15) is 59.2 Å². The lowest BCUT2D eigenvalue weighted by Crippen LogP contribution is -2.20. The normalized spacial score (nSPS) is 14.9. The second-order valence-corrected chi connectivity index (χ2v) is 9.19. The molecule has 0 aliphatic heterocycles. The number of carbonyl (C=O) groups excluding carboxylic acids is 1. The number of hydrogen-bond acceptors (Lipinski definition) is 5. The minimum absolute atomic E-state index is 0.0933. The van der Waals surface area contributed by atoms with Gasteiger partial charge in [-0.2, -0.15) is 5.10 Å². The van der Waals surface area contributed by atoms with Gasteiger partial charge in [0, 0.05) is 27.7 Å². The molecular formula is C21H24N4OS2. The second kappa shape index (κ2) is 8.92.